The highest BCUT2D eigenvalue weighted by atomic mass is 19.1. The zero-order chi connectivity index (χ0) is 25.7. The van der Waals surface area contributed by atoms with Crippen molar-refractivity contribution in [2.45, 2.75) is 46.2 Å². The van der Waals surface area contributed by atoms with Crippen molar-refractivity contribution in [1.29, 1.82) is 0 Å². The Morgan fingerprint density at radius 3 is 2.47 bits per heavy atom. The summed E-state index contributed by atoms with van der Waals surface area (Å²) in [4.78, 5) is 27.5. The van der Waals surface area contributed by atoms with Crippen molar-refractivity contribution in [3.05, 3.63) is 100 Å². The van der Waals surface area contributed by atoms with Gasteiger partial charge in [0, 0.05) is 19.5 Å². The van der Waals surface area contributed by atoms with E-state index in [1.54, 1.807) is 12.1 Å². The summed E-state index contributed by atoms with van der Waals surface area (Å²) in [5.74, 6) is 0.435. The molecule has 0 spiro atoms. The second-order valence-corrected chi connectivity index (χ2v) is 9.80. The van der Waals surface area contributed by atoms with Crippen LogP contribution in [0.4, 0.5) is 4.39 Å². The number of carbonyl (C=O) groups excluding carboxylic acids is 2. The van der Waals surface area contributed by atoms with Crippen LogP contribution in [0.5, 0.6) is 5.75 Å². The quantitative estimate of drug-likeness (QED) is 0.465. The first-order valence-corrected chi connectivity index (χ1v) is 12.4. The fraction of sp³-hybridized carbons (Fsp3) is 0.333. The van der Waals surface area contributed by atoms with Crippen LogP contribution in [-0.4, -0.2) is 29.9 Å². The SMILES string of the molecule is Cc1ccc([C@@H]2c3cc(OCC(=O)NCc4ccc(F)cc4)ccc3CCN2C(=O)CC(C)C)cc1. The number of hydrogen-bond donors (Lipinski definition) is 1. The highest BCUT2D eigenvalue weighted by molar-refractivity contribution is 5.78. The van der Waals surface area contributed by atoms with E-state index in [4.69, 9.17) is 4.74 Å². The number of ether oxygens (including phenoxy) is 1. The number of nitrogens with zero attached hydrogens (tertiary/aromatic N) is 1. The van der Waals surface area contributed by atoms with Crippen molar-refractivity contribution >= 4 is 11.8 Å². The zero-order valence-electron chi connectivity index (χ0n) is 21.1. The number of nitrogens with one attached hydrogen (secondary N) is 1. The molecule has 1 N–H and O–H groups in total. The molecule has 4 rings (SSSR count). The molecule has 0 bridgehead atoms. The second kappa shape index (κ2) is 11.4. The molecule has 3 aromatic carbocycles. The van der Waals surface area contributed by atoms with E-state index >= 15 is 0 Å². The monoisotopic (exact) mass is 488 g/mol. The first-order valence-electron chi connectivity index (χ1n) is 12.4. The molecule has 3 aromatic rings. The fourth-order valence-corrected chi connectivity index (χ4v) is 4.53. The van der Waals surface area contributed by atoms with Gasteiger partial charge in [0.25, 0.3) is 5.91 Å². The Morgan fingerprint density at radius 1 is 1.06 bits per heavy atom. The van der Waals surface area contributed by atoms with Crippen LogP contribution in [-0.2, 0) is 22.6 Å². The summed E-state index contributed by atoms with van der Waals surface area (Å²) in [6.45, 7) is 7.00. The van der Waals surface area contributed by atoms with Gasteiger partial charge in [0.1, 0.15) is 11.6 Å². The molecular weight excluding hydrogens is 455 g/mol. The van der Waals surface area contributed by atoms with Crippen LogP contribution in [0.25, 0.3) is 0 Å². The van der Waals surface area contributed by atoms with E-state index in [9.17, 15) is 14.0 Å². The molecule has 1 aliphatic heterocycles. The molecule has 2 amide bonds. The average Bonchev–Trinajstić information content (AvgIpc) is 2.86. The van der Waals surface area contributed by atoms with Crippen LogP contribution < -0.4 is 10.1 Å². The highest BCUT2D eigenvalue weighted by Gasteiger charge is 2.32. The van der Waals surface area contributed by atoms with Gasteiger partial charge in [-0.1, -0.05) is 61.9 Å². The van der Waals surface area contributed by atoms with E-state index in [-0.39, 0.29) is 36.2 Å². The minimum atomic E-state index is -0.311. The molecule has 0 fully saturated rings. The Bertz CT molecular complexity index is 1210. The summed E-state index contributed by atoms with van der Waals surface area (Å²) < 4.78 is 18.9. The number of fused-ring (bicyclic) bond motifs is 1. The number of benzene rings is 3. The first-order chi connectivity index (χ1) is 17.3. The molecule has 1 heterocycles. The molecule has 0 aromatic heterocycles. The molecule has 0 saturated heterocycles. The van der Waals surface area contributed by atoms with Gasteiger partial charge in [-0.05, 0) is 65.8 Å². The van der Waals surface area contributed by atoms with E-state index in [2.05, 4.69) is 43.4 Å². The third kappa shape index (κ3) is 6.30. The smallest absolute Gasteiger partial charge is 0.258 e. The minimum Gasteiger partial charge on any atom is -0.484 e. The van der Waals surface area contributed by atoms with E-state index in [1.807, 2.05) is 30.0 Å². The van der Waals surface area contributed by atoms with Crippen molar-refractivity contribution in [1.82, 2.24) is 10.2 Å². The van der Waals surface area contributed by atoms with Gasteiger partial charge in [-0.3, -0.25) is 9.59 Å². The highest BCUT2D eigenvalue weighted by Crippen LogP contribution is 2.38. The van der Waals surface area contributed by atoms with Gasteiger partial charge in [0.2, 0.25) is 5.91 Å². The lowest BCUT2D eigenvalue weighted by atomic mass is 9.87. The third-order valence-electron chi connectivity index (χ3n) is 6.41. The van der Waals surface area contributed by atoms with Gasteiger partial charge in [-0.15, -0.1) is 0 Å². The van der Waals surface area contributed by atoms with Crippen LogP contribution in [0.3, 0.4) is 0 Å². The average molecular weight is 489 g/mol. The molecule has 5 nitrogen and oxygen atoms in total. The van der Waals surface area contributed by atoms with Crippen molar-refractivity contribution in [2.24, 2.45) is 5.92 Å². The minimum absolute atomic E-state index is 0.134. The maximum Gasteiger partial charge on any atom is 0.258 e. The molecule has 0 radical (unpaired) electrons. The van der Waals surface area contributed by atoms with Crippen molar-refractivity contribution in [2.75, 3.05) is 13.2 Å². The summed E-state index contributed by atoms with van der Waals surface area (Å²) in [6, 6.07) is 20.0. The molecule has 0 saturated carbocycles. The Hall–Kier alpha value is -3.67. The van der Waals surface area contributed by atoms with Crippen molar-refractivity contribution < 1.29 is 18.7 Å². The molecule has 1 atom stereocenters. The fourth-order valence-electron chi connectivity index (χ4n) is 4.53. The standard InChI is InChI=1S/C30H33FN2O3/c1-20(2)16-29(35)33-15-14-23-10-13-26(17-27(23)30(33)24-8-4-21(3)5-9-24)36-19-28(34)32-18-22-6-11-25(31)12-7-22/h4-13,17,20,30H,14-16,18-19H2,1-3H3,(H,32,34)/t30-/m1/s1. The Balaban J connectivity index is 1.50. The summed E-state index contributed by atoms with van der Waals surface area (Å²) in [5, 5.41) is 2.79. The molecule has 36 heavy (non-hydrogen) atoms. The number of amides is 2. The van der Waals surface area contributed by atoms with Gasteiger partial charge in [0.05, 0.1) is 6.04 Å². The van der Waals surface area contributed by atoms with Crippen molar-refractivity contribution in [3.8, 4) is 5.75 Å². The van der Waals surface area contributed by atoms with Gasteiger partial charge in [-0.25, -0.2) is 4.39 Å². The van der Waals surface area contributed by atoms with Crippen LogP contribution in [0.2, 0.25) is 0 Å². The number of rotatable bonds is 8. The maximum absolute atomic E-state index is 13.2. The van der Waals surface area contributed by atoms with Gasteiger partial charge >= 0.3 is 0 Å². The van der Waals surface area contributed by atoms with Crippen LogP contribution in [0, 0.1) is 18.7 Å². The number of aryl methyl sites for hydroxylation is 1. The normalized spacial score (nSPS) is 14.9. The predicted molar refractivity (Wildman–Crippen MR) is 138 cm³/mol. The van der Waals surface area contributed by atoms with Crippen LogP contribution in [0.15, 0.2) is 66.7 Å². The lowest BCUT2D eigenvalue weighted by Crippen LogP contribution is -2.41. The Labute approximate surface area is 212 Å². The van der Waals surface area contributed by atoms with E-state index in [0.29, 0.717) is 25.3 Å². The van der Waals surface area contributed by atoms with Crippen molar-refractivity contribution in [3.63, 3.8) is 0 Å². The van der Waals surface area contributed by atoms with E-state index in [1.165, 1.54) is 23.3 Å². The van der Waals surface area contributed by atoms with E-state index < -0.39 is 0 Å². The number of hydrogen-bond acceptors (Lipinski definition) is 3. The number of halogens is 1. The van der Waals surface area contributed by atoms with Gasteiger partial charge in [0.15, 0.2) is 6.61 Å². The molecular formula is C30H33FN2O3. The molecule has 6 heteroatoms. The molecule has 0 unspecified atom stereocenters. The lowest BCUT2D eigenvalue weighted by Gasteiger charge is -2.38. The summed E-state index contributed by atoms with van der Waals surface area (Å²) in [7, 11) is 0. The summed E-state index contributed by atoms with van der Waals surface area (Å²) in [5.41, 5.74) is 5.26. The summed E-state index contributed by atoms with van der Waals surface area (Å²) in [6.07, 6.45) is 1.28. The first kappa shape index (κ1) is 25.4. The largest absolute Gasteiger partial charge is 0.484 e. The van der Waals surface area contributed by atoms with Gasteiger partial charge in [-0.2, -0.15) is 0 Å². The third-order valence-corrected chi connectivity index (χ3v) is 6.41. The Morgan fingerprint density at radius 2 is 1.78 bits per heavy atom. The topological polar surface area (TPSA) is 58.6 Å². The van der Waals surface area contributed by atoms with Crippen LogP contribution in [0.1, 0.15) is 54.1 Å². The molecule has 1 aliphatic rings. The maximum atomic E-state index is 13.2. The lowest BCUT2D eigenvalue weighted by molar-refractivity contribution is -0.134. The molecule has 0 aliphatic carbocycles. The second-order valence-electron chi connectivity index (χ2n) is 9.80. The number of carbonyl (C=O) groups is 2. The zero-order valence-corrected chi connectivity index (χ0v) is 21.1. The predicted octanol–water partition coefficient (Wildman–Crippen LogP) is 5.35. The van der Waals surface area contributed by atoms with Gasteiger partial charge < -0.3 is 15.0 Å². The molecule has 188 valence electrons. The Kier molecular flexibility index (Phi) is 8.04. The van der Waals surface area contributed by atoms with Crippen LogP contribution >= 0.6 is 0 Å². The van der Waals surface area contributed by atoms with E-state index in [0.717, 1.165) is 23.1 Å². The summed E-state index contributed by atoms with van der Waals surface area (Å²) >= 11 is 0.